The maximum absolute atomic E-state index is 15.1. The van der Waals surface area contributed by atoms with Crippen LogP contribution in [0.15, 0.2) is 36.7 Å². The molecule has 2 aromatic carbocycles. The second kappa shape index (κ2) is 9.58. The Morgan fingerprint density at radius 3 is 2.64 bits per heavy atom. The number of aryl methyl sites for hydroxylation is 1. The van der Waals surface area contributed by atoms with Gasteiger partial charge in [0, 0.05) is 34.7 Å². The smallest absolute Gasteiger partial charge is 0.230 e. The maximum Gasteiger partial charge on any atom is 0.230 e. The third kappa shape index (κ3) is 4.46. The first kappa shape index (κ1) is 23.0. The summed E-state index contributed by atoms with van der Waals surface area (Å²) in [5.74, 6) is 1.67. The Morgan fingerprint density at radius 1 is 1.00 bits per heavy atom. The van der Waals surface area contributed by atoms with Gasteiger partial charge in [0.25, 0.3) is 0 Å². The van der Waals surface area contributed by atoms with Gasteiger partial charge < -0.3 is 24.5 Å². The van der Waals surface area contributed by atoms with Crippen LogP contribution in [0.3, 0.4) is 0 Å². The lowest BCUT2D eigenvalue weighted by atomic mass is 9.80. The topological polar surface area (TPSA) is 81.3 Å². The first-order chi connectivity index (χ1) is 17.6. The fraction of sp³-hybridized carbons (Fsp3) is 0.429. The minimum absolute atomic E-state index is 0.103. The highest BCUT2D eigenvalue weighted by molar-refractivity contribution is 5.87. The third-order valence-corrected chi connectivity index (χ3v) is 7.46. The van der Waals surface area contributed by atoms with Gasteiger partial charge in [-0.3, -0.25) is 0 Å². The number of halogens is 1. The van der Waals surface area contributed by atoms with E-state index in [1.807, 2.05) is 13.0 Å². The molecule has 0 atom stereocenters. The minimum Gasteiger partial charge on any atom is -0.493 e. The second-order valence-corrected chi connectivity index (χ2v) is 10.1. The standard InChI is InChI=1S/C28H31FN4O3/c1-16-9-20-22(32-16)7-8-24(27(20)29)36-28-21-12-25(34-2)26(13-23(21)30-15-31-28)35-14-17-10-19(11-17)33-18-5-3-4-6-18/h7-9,12-13,15,17-19,32-33H,3-6,10-11,14H2,1-2H3/t17-,19+. The first-order valence-corrected chi connectivity index (χ1v) is 12.7. The lowest BCUT2D eigenvalue weighted by molar-refractivity contribution is 0.131. The highest BCUT2D eigenvalue weighted by Gasteiger charge is 2.32. The number of methoxy groups -OCH3 is 1. The zero-order valence-electron chi connectivity index (χ0n) is 20.6. The number of aromatic amines is 1. The van der Waals surface area contributed by atoms with Gasteiger partial charge in [0.05, 0.1) is 24.6 Å². The van der Waals surface area contributed by atoms with Crippen LogP contribution in [0.2, 0.25) is 0 Å². The predicted molar refractivity (Wildman–Crippen MR) is 137 cm³/mol. The van der Waals surface area contributed by atoms with Crippen molar-refractivity contribution in [3.8, 4) is 23.1 Å². The van der Waals surface area contributed by atoms with E-state index in [-0.39, 0.29) is 11.6 Å². The Balaban J connectivity index is 1.17. The summed E-state index contributed by atoms with van der Waals surface area (Å²) in [6.45, 7) is 2.53. The summed E-state index contributed by atoms with van der Waals surface area (Å²) in [7, 11) is 1.60. The van der Waals surface area contributed by atoms with E-state index in [2.05, 4.69) is 20.3 Å². The average molecular weight is 491 g/mol. The highest BCUT2D eigenvalue weighted by atomic mass is 19.1. The Labute approximate surface area is 209 Å². The van der Waals surface area contributed by atoms with E-state index in [9.17, 15) is 0 Å². The Morgan fingerprint density at radius 2 is 1.83 bits per heavy atom. The Hall–Kier alpha value is -3.39. The number of ether oxygens (including phenoxy) is 3. The molecule has 0 saturated heterocycles. The van der Waals surface area contributed by atoms with Gasteiger partial charge in [-0.25, -0.2) is 14.4 Å². The molecule has 2 N–H and O–H groups in total. The molecule has 36 heavy (non-hydrogen) atoms. The molecule has 2 aliphatic carbocycles. The van der Waals surface area contributed by atoms with E-state index in [0.29, 0.717) is 52.4 Å². The molecule has 4 aromatic rings. The van der Waals surface area contributed by atoms with Crippen LogP contribution < -0.4 is 19.5 Å². The number of nitrogens with one attached hydrogen (secondary N) is 2. The van der Waals surface area contributed by atoms with E-state index in [1.165, 1.54) is 32.0 Å². The average Bonchev–Trinajstić information content (AvgIpc) is 3.51. The molecular formula is C28H31FN4O3. The summed E-state index contributed by atoms with van der Waals surface area (Å²) in [6.07, 6.45) is 9.03. The SMILES string of the molecule is COc1cc2c(Oc3ccc4[nH]c(C)cc4c3F)ncnc2cc1OC[C@H]1C[C@@H](NC2CCCC2)C1. The van der Waals surface area contributed by atoms with E-state index in [1.54, 1.807) is 31.4 Å². The zero-order valence-corrected chi connectivity index (χ0v) is 20.6. The number of rotatable bonds is 8. The first-order valence-electron chi connectivity index (χ1n) is 12.7. The van der Waals surface area contributed by atoms with Crippen LogP contribution in [-0.2, 0) is 0 Å². The summed E-state index contributed by atoms with van der Waals surface area (Å²) in [5, 5.41) is 4.89. The van der Waals surface area contributed by atoms with Gasteiger partial charge in [-0.05, 0) is 62.8 Å². The van der Waals surface area contributed by atoms with Crippen molar-refractivity contribution in [2.24, 2.45) is 5.92 Å². The summed E-state index contributed by atoms with van der Waals surface area (Å²) >= 11 is 0. The fourth-order valence-corrected chi connectivity index (χ4v) is 5.51. The normalized spacial score (nSPS) is 20.1. The fourth-order valence-electron chi connectivity index (χ4n) is 5.51. The molecule has 0 unspecified atom stereocenters. The van der Waals surface area contributed by atoms with Gasteiger partial charge in [0.15, 0.2) is 23.1 Å². The molecule has 0 amide bonds. The van der Waals surface area contributed by atoms with Gasteiger partial charge >= 0.3 is 0 Å². The highest BCUT2D eigenvalue weighted by Crippen LogP contribution is 2.38. The van der Waals surface area contributed by atoms with Crippen molar-refractivity contribution in [3.05, 3.63) is 48.2 Å². The largest absolute Gasteiger partial charge is 0.493 e. The molecule has 6 rings (SSSR count). The van der Waals surface area contributed by atoms with Crippen LogP contribution in [0, 0.1) is 18.7 Å². The van der Waals surface area contributed by atoms with Gasteiger partial charge in [-0.1, -0.05) is 12.8 Å². The molecule has 0 aliphatic heterocycles. The number of nitrogens with zero attached hydrogens (tertiary/aromatic N) is 2. The van der Waals surface area contributed by atoms with Gasteiger partial charge in [-0.15, -0.1) is 0 Å². The predicted octanol–water partition coefficient (Wildman–Crippen LogP) is 6.05. The molecule has 188 valence electrons. The van der Waals surface area contributed by atoms with Crippen LogP contribution in [0.4, 0.5) is 4.39 Å². The molecule has 2 fully saturated rings. The lowest BCUT2D eigenvalue weighted by Crippen LogP contribution is -2.46. The molecule has 2 aliphatic rings. The van der Waals surface area contributed by atoms with Crippen molar-refractivity contribution in [1.82, 2.24) is 20.3 Å². The van der Waals surface area contributed by atoms with Crippen molar-refractivity contribution >= 4 is 21.8 Å². The quantitative estimate of drug-likeness (QED) is 0.313. The molecular weight excluding hydrogens is 459 g/mol. The molecule has 7 nitrogen and oxygen atoms in total. The molecule has 0 spiro atoms. The third-order valence-electron chi connectivity index (χ3n) is 7.46. The summed E-state index contributed by atoms with van der Waals surface area (Å²) < 4.78 is 32.8. The van der Waals surface area contributed by atoms with E-state index in [0.717, 1.165) is 24.1 Å². The monoisotopic (exact) mass is 490 g/mol. The number of hydrogen-bond acceptors (Lipinski definition) is 6. The molecule has 2 heterocycles. The number of fused-ring (bicyclic) bond motifs is 2. The van der Waals surface area contributed by atoms with Crippen LogP contribution in [0.5, 0.6) is 23.1 Å². The van der Waals surface area contributed by atoms with Crippen LogP contribution in [-0.4, -0.2) is 40.8 Å². The maximum atomic E-state index is 15.1. The second-order valence-electron chi connectivity index (χ2n) is 10.1. The van der Waals surface area contributed by atoms with Crippen molar-refractivity contribution < 1.29 is 18.6 Å². The lowest BCUT2D eigenvalue weighted by Gasteiger charge is -2.37. The minimum atomic E-state index is -0.434. The van der Waals surface area contributed by atoms with E-state index < -0.39 is 5.82 Å². The summed E-state index contributed by atoms with van der Waals surface area (Å²) in [5.41, 5.74) is 2.25. The number of hydrogen-bond donors (Lipinski definition) is 2. The van der Waals surface area contributed by atoms with Crippen molar-refractivity contribution in [1.29, 1.82) is 0 Å². The van der Waals surface area contributed by atoms with Crippen molar-refractivity contribution in [2.75, 3.05) is 13.7 Å². The number of benzene rings is 2. The molecule has 8 heteroatoms. The summed E-state index contributed by atoms with van der Waals surface area (Å²) in [4.78, 5) is 11.8. The van der Waals surface area contributed by atoms with Crippen LogP contribution >= 0.6 is 0 Å². The van der Waals surface area contributed by atoms with Crippen molar-refractivity contribution in [3.63, 3.8) is 0 Å². The Bertz CT molecular complexity index is 1390. The Kier molecular flexibility index (Phi) is 6.13. The van der Waals surface area contributed by atoms with E-state index >= 15 is 4.39 Å². The molecule has 0 bridgehead atoms. The molecule has 2 aromatic heterocycles. The van der Waals surface area contributed by atoms with E-state index in [4.69, 9.17) is 14.2 Å². The summed E-state index contributed by atoms with van der Waals surface area (Å²) in [6, 6.07) is 10.1. The molecule has 0 radical (unpaired) electrons. The van der Waals surface area contributed by atoms with Crippen LogP contribution in [0.1, 0.15) is 44.2 Å². The van der Waals surface area contributed by atoms with Gasteiger partial charge in [0.1, 0.15) is 6.33 Å². The van der Waals surface area contributed by atoms with Gasteiger partial charge in [-0.2, -0.15) is 0 Å². The van der Waals surface area contributed by atoms with Gasteiger partial charge in [0.2, 0.25) is 5.88 Å². The van der Waals surface area contributed by atoms with Crippen LogP contribution in [0.25, 0.3) is 21.8 Å². The van der Waals surface area contributed by atoms with Crippen molar-refractivity contribution in [2.45, 2.75) is 57.5 Å². The number of H-pyrrole nitrogens is 1. The molecule has 2 saturated carbocycles. The number of aromatic nitrogens is 3. The zero-order chi connectivity index (χ0) is 24.6.